The van der Waals surface area contributed by atoms with Gasteiger partial charge in [-0.1, -0.05) is 12.5 Å². The van der Waals surface area contributed by atoms with Crippen LogP contribution in [0.4, 0.5) is 5.69 Å². The second-order valence-corrected chi connectivity index (χ2v) is 6.04. The van der Waals surface area contributed by atoms with Crippen LogP contribution in [0.2, 0.25) is 0 Å². The average molecular weight is 273 g/mol. The van der Waals surface area contributed by atoms with Crippen LogP contribution in [0, 0.1) is 6.92 Å². The molecule has 4 heteroatoms. The van der Waals surface area contributed by atoms with Gasteiger partial charge in [-0.2, -0.15) is 0 Å². The number of rotatable bonds is 2. The van der Waals surface area contributed by atoms with Gasteiger partial charge in [0.2, 0.25) is 0 Å². The van der Waals surface area contributed by atoms with Crippen molar-refractivity contribution in [3.63, 3.8) is 0 Å². The zero-order chi connectivity index (χ0) is 14.1. The number of piperidine rings is 1. The van der Waals surface area contributed by atoms with E-state index in [0.29, 0.717) is 23.3 Å². The Balaban J connectivity index is 1.71. The molecule has 0 saturated carbocycles. The number of carbonyl (C=O) groups is 1. The number of nitrogens with zero attached hydrogens (tertiary/aromatic N) is 1. The van der Waals surface area contributed by atoms with Crippen molar-refractivity contribution in [2.75, 3.05) is 18.8 Å². The number of carbonyl (C=O) groups excluding carboxylic acids is 1. The molecule has 1 aromatic rings. The Morgan fingerprint density at radius 1 is 1.30 bits per heavy atom. The highest BCUT2D eigenvalue weighted by Gasteiger charge is 2.36. The van der Waals surface area contributed by atoms with Crippen LogP contribution >= 0.6 is 0 Å². The lowest BCUT2D eigenvalue weighted by Gasteiger charge is -2.32. The Labute approximate surface area is 120 Å². The summed E-state index contributed by atoms with van der Waals surface area (Å²) in [5.74, 6) is 0.0206. The number of nitrogens with one attached hydrogen (secondary N) is 1. The highest BCUT2D eigenvalue weighted by atomic mass is 16.1. The Hall–Kier alpha value is -1.55. The summed E-state index contributed by atoms with van der Waals surface area (Å²) < 4.78 is 0. The maximum atomic E-state index is 12.5. The summed E-state index contributed by atoms with van der Waals surface area (Å²) in [5.41, 5.74) is 8.13. The molecule has 2 atom stereocenters. The summed E-state index contributed by atoms with van der Waals surface area (Å²) in [4.78, 5) is 15.0. The molecule has 0 aromatic heterocycles. The average Bonchev–Trinajstić information content (AvgIpc) is 2.85. The van der Waals surface area contributed by atoms with E-state index in [1.807, 2.05) is 19.1 Å². The first-order valence-electron chi connectivity index (χ1n) is 7.56. The minimum absolute atomic E-state index is 0.0206. The molecule has 0 radical (unpaired) electrons. The van der Waals surface area contributed by atoms with Crippen molar-refractivity contribution in [2.24, 2.45) is 0 Å². The molecule has 2 saturated heterocycles. The zero-order valence-electron chi connectivity index (χ0n) is 12.1. The Morgan fingerprint density at radius 2 is 2.15 bits per heavy atom. The highest BCUT2D eigenvalue weighted by Crippen LogP contribution is 2.27. The summed E-state index contributed by atoms with van der Waals surface area (Å²) in [7, 11) is 0. The lowest BCUT2D eigenvalue weighted by molar-refractivity contribution is 0.0915. The van der Waals surface area contributed by atoms with Gasteiger partial charge in [-0.05, 0) is 50.4 Å². The van der Waals surface area contributed by atoms with Gasteiger partial charge in [0, 0.05) is 29.9 Å². The van der Waals surface area contributed by atoms with Gasteiger partial charge in [0.25, 0.3) is 5.91 Å². The fourth-order valence-electron chi connectivity index (χ4n) is 3.55. The van der Waals surface area contributed by atoms with Crippen LogP contribution in [0.3, 0.4) is 0 Å². The van der Waals surface area contributed by atoms with Gasteiger partial charge in [-0.15, -0.1) is 0 Å². The van der Waals surface area contributed by atoms with E-state index in [1.54, 1.807) is 6.07 Å². The topological polar surface area (TPSA) is 58.4 Å². The van der Waals surface area contributed by atoms with Crippen LogP contribution in [0.25, 0.3) is 0 Å². The molecule has 2 fully saturated rings. The van der Waals surface area contributed by atoms with Gasteiger partial charge in [0.1, 0.15) is 0 Å². The fourth-order valence-corrected chi connectivity index (χ4v) is 3.55. The molecule has 1 aromatic carbocycles. The molecular weight excluding hydrogens is 250 g/mol. The number of fused-ring (bicyclic) bond motifs is 1. The molecule has 0 spiro atoms. The molecule has 2 unspecified atom stereocenters. The van der Waals surface area contributed by atoms with E-state index in [1.165, 1.54) is 25.8 Å². The predicted molar refractivity (Wildman–Crippen MR) is 80.7 cm³/mol. The number of benzene rings is 1. The van der Waals surface area contributed by atoms with Gasteiger partial charge in [-0.25, -0.2) is 0 Å². The van der Waals surface area contributed by atoms with E-state index in [9.17, 15) is 4.79 Å². The SMILES string of the molecule is Cc1ccc(N)cc1C(=O)NC1CCN2CCCCC12. The molecule has 3 rings (SSSR count). The van der Waals surface area contributed by atoms with Gasteiger partial charge in [-0.3, -0.25) is 9.69 Å². The first-order chi connectivity index (χ1) is 9.65. The molecule has 0 aliphatic carbocycles. The van der Waals surface area contributed by atoms with Crippen LogP contribution in [0.15, 0.2) is 18.2 Å². The van der Waals surface area contributed by atoms with E-state index in [-0.39, 0.29) is 5.91 Å². The number of aryl methyl sites for hydroxylation is 1. The van der Waals surface area contributed by atoms with E-state index < -0.39 is 0 Å². The number of hydrogen-bond donors (Lipinski definition) is 2. The lowest BCUT2D eigenvalue weighted by Crippen LogP contribution is -2.46. The summed E-state index contributed by atoms with van der Waals surface area (Å²) in [6.45, 7) is 4.26. The third-order valence-electron chi connectivity index (χ3n) is 4.68. The predicted octanol–water partition coefficient (Wildman–Crippen LogP) is 1.93. The van der Waals surface area contributed by atoms with E-state index in [4.69, 9.17) is 5.73 Å². The fraction of sp³-hybridized carbons (Fsp3) is 0.562. The van der Waals surface area contributed by atoms with Crippen molar-refractivity contribution in [3.8, 4) is 0 Å². The molecule has 2 aliphatic heterocycles. The summed E-state index contributed by atoms with van der Waals surface area (Å²) in [5, 5.41) is 3.23. The third-order valence-corrected chi connectivity index (χ3v) is 4.68. The molecule has 0 bridgehead atoms. The lowest BCUT2D eigenvalue weighted by atomic mass is 9.98. The van der Waals surface area contributed by atoms with Crippen molar-refractivity contribution in [1.82, 2.24) is 10.2 Å². The van der Waals surface area contributed by atoms with Crippen molar-refractivity contribution in [2.45, 2.75) is 44.7 Å². The number of hydrogen-bond acceptors (Lipinski definition) is 3. The number of amides is 1. The standard InChI is InChI=1S/C16H23N3O/c1-11-5-6-12(17)10-13(11)16(20)18-14-7-9-19-8-3-2-4-15(14)19/h5-6,10,14-15H,2-4,7-9,17H2,1H3,(H,18,20). The Bertz CT molecular complexity index is 514. The van der Waals surface area contributed by atoms with Crippen molar-refractivity contribution in [3.05, 3.63) is 29.3 Å². The smallest absolute Gasteiger partial charge is 0.251 e. The number of anilines is 1. The third kappa shape index (κ3) is 2.52. The summed E-state index contributed by atoms with van der Waals surface area (Å²) >= 11 is 0. The highest BCUT2D eigenvalue weighted by molar-refractivity contribution is 5.96. The molecule has 2 aliphatic rings. The Kier molecular flexibility index (Phi) is 3.66. The first-order valence-corrected chi connectivity index (χ1v) is 7.56. The molecule has 2 heterocycles. The first kappa shape index (κ1) is 13.4. The maximum Gasteiger partial charge on any atom is 0.251 e. The number of nitrogens with two attached hydrogens (primary N) is 1. The second kappa shape index (κ2) is 5.44. The van der Waals surface area contributed by atoms with Crippen LogP contribution in [0.1, 0.15) is 41.6 Å². The second-order valence-electron chi connectivity index (χ2n) is 6.04. The van der Waals surface area contributed by atoms with Crippen LogP contribution in [-0.2, 0) is 0 Å². The molecule has 20 heavy (non-hydrogen) atoms. The van der Waals surface area contributed by atoms with Crippen LogP contribution in [0.5, 0.6) is 0 Å². The monoisotopic (exact) mass is 273 g/mol. The molecule has 1 amide bonds. The van der Waals surface area contributed by atoms with Crippen LogP contribution in [-0.4, -0.2) is 36.0 Å². The minimum Gasteiger partial charge on any atom is -0.399 e. The van der Waals surface area contributed by atoms with Crippen molar-refractivity contribution < 1.29 is 4.79 Å². The van der Waals surface area contributed by atoms with E-state index >= 15 is 0 Å². The van der Waals surface area contributed by atoms with Gasteiger partial charge in [0.15, 0.2) is 0 Å². The van der Waals surface area contributed by atoms with Crippen LogP contribution < -0.4 is 11.1 Å². The summed E-state index contributed by atoms with van der Waals surface area (Å²) in [6.07, 6.45) is 4.86. The largest absolute Gasteiger partial charge is 0.399 e. The molecule has 108 valence electrons. The van der Waals surface area contributed by atoms with E-state index in [2.05, 4.69) is 10.2 Å². The number of nitrogen functional groups attached to an aromatic ring is 1. The molecule has 3 N–H and O–H groups in total. The molecular formula is C16H23N3O. The van der Waals surface area contributed by atoms with Gasteiger partial charge in [0.05, 0.1) is 0 Å². The maximum absolute atomic E-state index is 12.5. The van der Waals surface area contributed by atoms with Crippen molar-refractivity contribution >= 4 is 11.6 Å². The Morgan fingerprint density at radius 3 is 3.00 bits per heavy atom. The minimum atomic E-state index is 0.0206. The van der Waals surface area contributed by atoms with E-state index in [0.717, 1.165) is 18.5 Å². The van der Waals surface area contributed by atoms with Gasteiger partial charge < -0.3 is 11.1 Å². The quantitative estimate of drug-likeness (QED) is 0.810. The molecule has 4 nitrogen and oxygen atoms in total. The zero-order valence-corrected chi connectivity index (χ0v) is 12.1. The van der Waals surface area contributed by atoms with Crippen molar-refractivity contribution in [1.29, 1.82) is 0 Å². The summed E-state index contributed by atoms with van der Waals surface area (Å²) in [6, 6.07) is 6.35. The normalized spacial score (nSPS) is 26.2. The van der Waals surface area contributed by atoms with Gasteiger partial charge >= 0.3 is 0 Å².